The van der Waals surface area contributed by atoms with Crippen molar-refractivity contribution < 1.29 is 19.8 Å². The van der Waals surface area contributed by atoms with E-state index in [2.05, 4.69) is 10.6 Å². The maximum atomic E-state index is 12.7. The van der Waals surface area contributed by atoms with Crippen molar-refractivity contribution in [1.29, 1.82) is 0 Å². The minimum atomic E-state index is -0.198. The predicted octanol–water partition coefficient (Wildman–Crippen LogP) is 2.89. The zero-order valence-corrected chi connectivity index (χ0v) is 17.5. The van der Waals surface area contributed by atoms with E-state index in [1.165, 1.54) is 0 Å². The van der Waals surface area contributed by atoms with Crippen molar-refractivity contribution in [3.63, 3.8) is 0 Å². The normalized spacial score (nSPS) is 18.6. The summed E-state index contributed by atoms with van der Waals surface area (Å²) in [6.45, 7) is 0. The Labute approximate surface area is 185 Å². The summed E-state index contributed by atoms with van der Waals surface area (Å²) in [4.78, 5) is 25.3. The fourth-order valence-corrected chi connectivity index (χ4v) is 4.78. The van der Waals surface area contributed by atoms with Crippen LogP contribution in [0.25, 0.3) is 0 Å². The summed E-state index contributed by atoms with van der Waals surface area (Å²) < 4.78 is 0. The molecule has 0 radical (unpaired) electrons. The van der Waals surface area contributed by atoms with Gasteiger partial charge in [-0.3, -0.25) is 9.59 Å². The van der Waals surface area contributed by atoms with E-state index in [1.807, 2.05) is 24.3 Å². The molecule has 162 valence electrons. The molecule has 0 heterocycles. The number of phenolic OH excluding ortho intramolecular Hbond substituents is 2. The number of carbonyl (C=O) groups is 2. The summed E-state index contributed by atoms with van der Waals surface area (Å²) in [6.07, 6.45) is 2.59. The number of carbonyl (C=O) groups excluding carboxylic acids is 2. The maximum Gasteiger partial charge on any atom is 0.251 e. The van der Waals surface area contributed by atoms with Crippen LogP contribution in [0.3, 0.4) is 0 Å². The van der Waals surface area contributed by atoms with E-state index in [-0.39, 0.29) is 35.4 Å². The van der Waals surface area contributed by atoms with Gasteiger partial charge in [0.15, 0.2) is 0 Å². The monoisotopic (exact) mass is 428 g/mol. The van der Waals surface area contributed by atoms with Crippen molar-refractivity contribution >= 4 is 11.8 Å². The largest absolute Gasteiger partial charge is 0.508 e. The first-order valence-corrected chi connectivity index (χ1v) is 10.8. The Hall–Kier alpha value is -3.80. The third-order valence-corrected chi connectivity index (χ3v) is 6.41. The molecule has 2 amide bonds. The Morgan fingerprint density at radius 2 is 1.03 bits per heavy atom. The molecule has 6 nitrogen and oxygen atoms in total. The summed E-state index contributed by atoms with van der Waals surface area (Å²) in [6, 6.07) is 17.4. The Morgan fingerprint density at radius 1 is 0.625 bits per heavy atom. The van der Waals surface area contributed by atoms with Crippen molar-refractivity contribution in [1.82, 2.24) is 10.6 Å². The first-order valence-electron chi connectivity index (χ1n) is 10.8. The molecule has 3 aromatic carbocycles. The minimum absolute atomic E-state index is 0.0609. The van der Waals surface area contributed by atoms with Gasteiger partial charge in [0, 0.05) is 23.2 Å². The molecule has 0 saturated heterocycles. The Bertz CT molecular complexity index is 1110. The Kier molecular flexibility index (Phi) is 5.05. The zero-order valence-electron chi connectivity index (χ0n) is 17.5. The van der Waals surface area contributed by atoms with E-state index in [9.17, 15) is 19.8 Å². The topological polar surface area (TPSA) is 98.7 Å². The van der Waals surface area contributed by atoms with Gasteiger partial charge in [0.1, 0.15) is 11.5 Å². The molecule has 0 aliphatic heterocycles. The number of hydrogen-bond donors (Lipinski definition) is 4. The third kappa shape index (κ3) is 3.80. The lowest BCUT2D eigenvalue weighted by molar-refractivity contribution is 0.0926. The number of rotatable bonds is 4. The lowest BCUT2D eigenvalue weighted by Crippen LogP contribution is -2.36. The van der Waals surface area contributed by atoms with Crippen LogP contribution in [0.1, 0.15) is 43.0 Å². The van der Waals surface area contributed by atoms with Crippen molar-refractivity contribution in [3.8, 4) is 11.5 Å². The third-order valence-electron chi connectivity index (χ3n) is 6.41. The molecule has 32 heavy (non-hydrogen) atoms. The summed E-state index contributed by atoms with van der Waals surface area (Å²) in [5, 5.41) is 26.0. The van der Waals surface area contributed by atoms with E-state index in [0.29, 0.717) is 36.8 Å². The second-order valence-corrected chi connectivity index (χ2v) is 8.56. The molecule has 6 heteroatoms. The van der Waals surface area contributed by atoms with Gasteiger partial charge in [0.05, 0.1) is 0 Å². The molecule has 2 atom stereocenters. The smallest absolute Gasteiger partial charge is 0.251 e. The average Bonchev–Trinajstić information content (AvgIpc) is 3.39. The van der Waals surface area contributed by atoms with Crippen LogP contribution < -0.4 is 10.6 Å². The minimum Gasteiger partial charge on any atom is -0.508 e. The number of benzene rings is 3. The average molecular weight is 428 g/mol. The molecule has 5 rings (SSSR count). The number of fused-ring (bicyclic) bond motifs is 2. The van der Waals surface area contributed by atoms with Gasteiger partial charge in [0.2, 0.25) is 0 Å². The number of phenols is 2. The molecule has 0 spiro atoms. The number of aromatic hydroxyl groups is 2. The molecule has 0 fully saturated rings. The molecular weight excluding hydrogens is 404 g/mol. The van der Waals surface area contributed by atoms with Crippen LogP contribution >= 0.6 is 0 Å². The number of nitrogens with one attached hydrogen (secondary N) is 2. The molecule has 3 aromatic rings. The van der Waals surface area contributed by atoms with Crippen LogP contribution in [0.5, 0.6) is 11.5 Å². The highest BCUT2D eigenvalue weighted by Gasteiger charge is 2.27. The SMILES string of the molecule is O=C(NC1Cc2cccc(O)c2C1)c1ccc(C(=O)NC2Cc3cccc(O)c3C2)cc1. The summed E-state index contributed by atoms with van der Waals surface area (Å²) in [5.74, 6) is 0.150. The van der Waals surface area contributed by atoms with Gasteiger partial charge in [-0.25, -0.2) is 0 Å². The highest BCUT2D eigenvalue weighted by Crippen LogP contribution is 2.31. The quantitative estimate of drug-likeness (QED) is 0.514. The van der Waals surface area contributed by atoms with E-state index in [4.69, 9.17) is 0 Å². The van der Waals surface area contributed by atoms with Crippen LogP contribution in [-0.2, 0) is 25.7 Å². The maximum absolute atomic E-state index is 12.7. The van der Waals surface area contributed by atoms with Crippen LogP contribution in [0.15, 0.2) is 60.7 Å². The second kappa shape index (κ2) is 8.04. The van der Waals surface area contributed by atoms with Gasteiger partial charge in [-0.2, -0.15) is 0 Å². The fourth-order valence-electron chi connectivity index (χ4n) is 4.78. The Morgan fingerprint density at radius 3 is 1.41 bits per heavy atom. The van der Waals surface area contributed by atoms with Crippen LogP contribution in [0.4, 0.5) is 0 Å². The highest BCUT2D eigenvalue weighted by atomic mass is 16.3. The predicted molar refractivity (Wildman–Crippen MR) is 120 cm³/mol. The number of amides is 2. The van der Waals surface area contributed by atoms with E-state index in [1.54, 1.807) is 36.4 Å². The standard InChI is InChI=1S/C26H24N2O4/c29-23-5-1-3-17-11-19(13-21(17)23)27-25(31)15-7-9-16(10-8-15)26(32)28-20-12-18-4-2-6-24(30)22(18)14-20/h1-10,19-20,29-30H,11-14H2,(H,27,31)(H,28,32). The summed E-state index contributed by atoms with van der Waals surface area (Å²) in [7, 11) is 0. The Balaban J connectivity index is 1.18. The fraction of sp³-hybridized carbons (Fsp3) is 0.231. The lowest BCUT2D eigenvalue weighted by atomic mass is 10.1. The van der Waals surface area contributed by atoms with E-state index in [0.717, 1.165) is 22.3 Å². The second-order valence-electron chi connectivity index (χ2n) is 8.56. The molecule has 2 aliphatic carbocycles. The van der Waals surface area contributed by atoms with Crippen molar-refractivity contribution in [2.75, 3.05) is 0 Å². The highest BCUT2D eigenvalue weighted by molar-refractivity contribution is 5.98. The zero-order chi connectivity index (χ0) is 22.2. The van der Waals surface area contributed by atoms with Gasteiger partial charge >= 0.3 is 0 Å². The molecule has 0 saturated carbocycles. The van der Waals surface area contributed by atoms with Crippen molar-refractivity contribution in [2.24, 2.45) is 0 Å². The van der Waals surface area contributed by atoms with E-state index >= 15 is 0 Å². The van der Waals surface area contributed by atoms with Crippen LogP contribution in [0.2, 0.25) is 0 Å². The first kappa shape index (κ1) is 20.1. The van der Waals surface area contributed by atoms with Crippen LogP contribution in [-0.4, -0.2) is 34.1 Å². The molecular formula is C26H24N2O4. The molecule has 0 aromatic heterocycles. The summed E-state index contributed by atoms with van der Waals surface area (Å²) in [5.41, 5.74) is 4.88. The molecule has 0 bridgehead atoms. The van der Waals surface area contributed by atoms with Crippen LogP contribution in [0, 0.1) is 0 Å². The number of hydrogen-bond acceptors (Lipinski definition) is 4. The lowest BCUT2D eigenvalue weighted by Gasteiger charge is -2.14. The van der Waals surface area contributed by atoms with E-state index < -0.39 is 0 Å². The van der Waals surface area contributed by atoms with Gasteiger partial charge in [-0.05, 0) is 84.3 Å². The van der Waals surface area contributed by atoms with Crippen molar-refractivity contribution in [2.45, 2.75) is 37.8 Å². The molecule has 2 unspecified atom stereocenters. The van der Waals surface area contributed by atoms with Gasteiger partial charge in [0.25, 0.3) is 11.8 Å². The molecule has 4 N–H and O–H groups in total. The van der Waals surface area contributed by atoms with Gasteiger partial charge in [-0.1, -0.05) is 24.3 Å². The molecule has 2 aliphatic rings. The first-order chi connectivity index (χ1) is 15.5. The van der Waals surface area contributed by atoms with Crippen molar-refractivity contribution in [3.05, 3.63) is 94.0 Å². The summed E-state index contributed by atoms with van der Waals surface area (Å²) >= 11 is 0. The van der Waals surface area contributed by atoms with Gasteiger partial charge < -0.3 is 20.8 Å². The van der Waals surface area contributed by atoms with Gasteiger partial charge in [-0.15, -0.1) is 0 Å².